The summed E-state index contributed by atoms with van der Waals surface area (Å²) < 4.78 is 10.9. The van der Waals surface area contributed by atoms with Crippen LogP contribution in [0.15, 0.2) is 18.2 Å². The van der Waals surface area contributed by atoms with Crippen molar-refractivity contribution in [2.24, 2.45) is 0 Å². The fraction of sp³-hybridized carbons (Fsp3) is 0.625. The van der Waals surface area contributed by atoms with Gasteiger partial charge in [0.2, 0.25) is 0 Å². The monoisotopic (exact) mass is 279 g/mol. The second kappa shape index (κ2) is 7.18. The van der Waals surface area contributed by atoms with Crippen molar-refractivity contribution in [1.29, 1.82) is 0 Å². The predicted octanol–water partition coefficient (Wildman–Crippen LogP) is 1.68. The number of ether oxygens (including phenoxy) is 2. The van der Waals surface area contributed by atoms with Gasteiger partial charge in [0.1, 0.15) is 0 Å². The van der Waals surface area contributed by atoms with E-state index in [0.29, 0.717) is 19.8 Å². The van der Waals surface area contributed by atoms with Crippen LogP contribution < -0.4 is 0 Å². The molecule has 1 aliphatic rings. The molecule has 0 unspecified atom stereocenters. The van der Waals surface area contributed by atoms with E-state index in [1.165, 1.54) is 16.7 Å². The molecule has 0 amide bonds. The lowest BCUT2D eigenvalue weighted by atomic mass is 10.00. The fourth-order valence-corrected chi connectivity index (χ4v) is 2.79. The average Bonchev–Trinajstić information content (AvgIpc) is 2.39. The van der Waals surface area contributed by atoms with Gasteiger partial charge in [0.05, 0.1) is 25.4 Å². The van der Waals surface area contributed by atoms with Crippen LogP contribution in [0.1, 0.15) is 22.8 Å². The molecule has 4 nitrogen and oxygen atoms in total. The van der Waals surface area contributed by atoms with E-state index in [0.717, 1.165) is 13.1 Å². The van der Waals surface area contributed by atoms with Crippen LogP contribution in [0.4, 0.5) is 0 Å². The number of rotatable bonds is 5. The number of morpholine rings is 1. The first-order chi connectivity index (χ1) is 9.60. The zero-order chi connectivity index (χ0) is 14.5. The zero-order valence-electron chi connectivity index (χ0n) is 12.6. The van der Waals surface area contributed by atoms with Gasteiger partial charge in [0.15, 0.2) is 0 Å². The molecule has 0 radical (unpaired) electrons. The maximum absolute atomic E-state index is 9.84. The van der Waals surface area contributed by atoms with Crippen LogP contribution in [0.3, 0.4) is 0 Å². The molecule has 112 valence electrons. The molecule has 1 N–H and O–H groups in total. The molecule has 1 aliphatic heterocycles. The summed E-state index contributed by atoms with van der Waals surface area (Å²) >= 11 is 0. The van der Waals surface area contributed by atoms with Crippen molar-refractivity contribution in [1.82, 2.24) is 4.90 Å². The molecule has 1 fully saturated rings. The highest BCUT2D eigenvalue weighted by Crippen LogP contribution is 2.25. The van der Waals surface area contributed by atoms with Crippen LogP contribution in [0.2, 0.25) is 0 Å². The number of benzene rings is 1. The van der Waals surface area contributed by atoms with Crippen molar-refractivity contribution in [3.05, 3.63) is 34.9 Å². The van der Waals surface area contributed by atoms with Crippen LogP contribution in [0.5, 0.6) is 0 Å². The first-order valence-electron chi connectivity index (χ1n) is 7.18. The number of methoxy groups -OCH3 is 1. The lowest BCUT2D eigenvalue weighted by Crippen LogP contribution is -2.43. The highest BCUT2D eigenvalue weighted by Gasteiger charge is 2.24. The van der Waals surface area contributed by atoms with Crippen molar-refractivity contribution < 1.29 is 14.6 Å². The Balaban J connectivity index is 1.99. The second-order valence-corrected chi connectivity index (χ2v) is 5.59. The molecule has 1 aromatic carbocycles. The highest BCUT2D eigenvalue weighted by molar-refractivity contribution is 5.32. The van der Waals surface area contributed by atoms with E-state index in [9.17, 15) is 5.11 Å². The first-order valence-corrected chi connectivity index (χ1v) is 7.18. The number of β-amino-alcohol motifs (C(OH)–C–C–N with tert-alkyl or cyclic N) is 1. The lowest BCUT2D eigenvalue weighted by molar-refractivity contribution is -0.0496. The third-order valence-electron chi connectivity index (χ3n) is 3.75. The quantitative estimate of drug-likeness (QED) is 0.890. The van der Waals surface area contributed by atoms with Crippen LogP contribution in [-0.2, 0) is 9.47 Å². The summed E-state index contributed by atoms with van der Waals surface area (Å²) in [5, 5.41) is 9.84. The van der Waals surface area contributed by atoms with E-state index in [1.807, 2.05) is 0 Å². The van der Waals surface area contributed by atoms with Crippen molar-refractivity contribution in [3.8, 4) is 0 Å². The Bertz CT molecular complexity index is 436. The van der Waals surface area contributed by atoms with Gasteiger partial charge in [0.25, 0.3) is 0 Å². The number of hydrogen-bond donors (Lipinski definition) is 1. The summed E-state index contributed by atoms with van der Waals surface area (Å²) in [6.07, 6.45) is -0.336. The summed E-state index contributed by atoms with van der Waals surface area (Å²) in [5.41, 5.74) is 3.80. The van der Waals surface area contributed by atoms with Gasteiger partial charge in [-0.15, -0.1) is 0 Å². The van der Waals surface area contributed by atoms with Gasteiger partial charge in [-0.1, -0.05) is 23.8 Å². The minimum absolute atomic E-state index is 0.0964. The maximum Gasteiger partial charge on any atom is 0.0954 e. The number of aryl methyl sites for hydroxylation is 2. The molecule has 4 heteroatoms. The highest BCUT2D eigenvalue weighted by atomic mass is 16.5. The third kappa shape index (κ3) is 4.03. The van der Waals surface area contributed by atoms with Crippen molar-refractivity contribution in [2.75, 3.05) is 40.0 Å². The summed E-state index contributed by atoms with van der Waals surface area (Å²) in [6, 6.07) is 6.48. The number of nitrogens with zero attached hydrogens (tertiary/aromatic N) is 1. The van der Waals surface area contributed by atoms with Crippen LogP contribution in [-0.4, -0.2) is 56.1 Å². The van der Waals surface area contributed by atoms with Gasteiger partial charge in [0, 0.05) is 26.7 Å². The van der Waals surface area contributed by atoms with E-state index in [-0.39, 0.29) is 6.10 Å². The van der Waals surface area contributed by atoms with Gasteiger partial charge in [-0.05, 0) is 25.0 Å². The molecule has 0 bridgehead atoms. The second-order valence-electron chi connectivity index (χ2n) is 5.59. The Morgan fingerprint density at radius 3 is 2.95 bits per heavy atom. The average molecular weight is 279 g/mol. The summed E-state index contributed by atoms with van der Waals surface area (Å²) in [7, 11) is 1.61. The number of hydrogen-bond acceptors (Lipinski definition) is 4. The van der Waals surface area contributed by atoms with Crippen LogP contribution >= 0.6 is 0 Å². The van der Waals surface area contributed by atoms with Gasteiger partial charge >= 0.3 is 0 Å². The Kier molecular flexibility index (Phi) is 5.54. The third-order valence-corrected chi connectivity index (χ3v) is 3.75. The van der Waals surface area contributed by atoms with Crippen molar-refractivity contribution in [3.63, 3.8) is 0 Å². The molecule has 1 saturated heterocycles. The summed E-state index contributed by atoms with van der Waals surface area (Å²) in [6.45, 7) is 7.64. The Hall–Kier alpha value is -0.940. The molecule has 0 saturated carbocycles. The zero-order valence-corrected chi connectivity index (χ0v) is 12.6. The Labute approximate surface area is 121 Å². The topological polar surface area (TPSA) is 41.9 Å². The smallest absolute Gasteiger partial charge is 0.0954 e. The fourth-order valence-electron chi connectivity index (χ4n) is 2.79. The molecular formula is C16H25NO3. The van der Waals surface area contributed by atoms with Gasteiger partial charge in [-0.25, -0.2) is 0 Å². The van der Waals surface area contributed by atoms with E-state index in [2.05, 4.69) is 36.9 Å². The molecule has 1 heterocycles. The minimum Gasteiger partial charge on any atom is -0.389 e. The minimum atomic E-state index is -0.433. The standard InChI is InChI=1S/C16H25NO3/c1-12-4-5-15(13(2)8-12)16-10-17(6-7-20-16)9-14(18)11-19-3/h4-5,8,14,16,18H,6-7,9-11H2,1-3H3/t14-,16-/m1/s1. The predicted molar refractivity (Wildman–Crippen MR) is 78.9 cm³/mol. The molecule has 0 spiro atoms. The normalized spacial score (nSPS) is 21.9. The molecule has 2 atom stereocenters. The molecule has 1 aromatic rings. The van der Waals surface area contributed by atoms with Crippen molar-refractivity contribution >= 4 is 0 Å². The Morgan fingerprint density at radius 2 is 2.25 bits per heavy atom. The largest absolute Gasteiger partial charge is 0.389 e. The number of aliphatic hydroxyl groups is 1. The van der Waals surface area contributed by atoms with Crippen LogP contribution in [0.25, 0.3) is 0 Å². The first kappa shape index (κ1) is 15.4. The molecule has 0 aromatic heterocycles. The molecule has 2 rings (SSSR count). The van der Waals surface area contributed by atoms with Gasteiger partial charge in [-0.2, -0.15) is 0 Å². The molecule has 20 heavy (non-hydrogen) atoms. The molecule has 0 aliphatic carbocycles. The van der Waals surface area contributed by atoms with Gasteiger partial charge in [-0.3, -0.25) is 4.90 Å². The summed E-state index contributed by atoms with van der Waals surface area (Å²) in [5.74, 6) is 0. The SMILES string of the molecule is COC[C@H](O)CN1CCO[C@@H](c2ccc(C)cc2C)C1. The summed E-state index contributed by atoms with van der Waals surface area (Å²) in [4.78, 5) is 2.25. The van der Waals surface area contributed by atoms with E-state index < -0.39 is 6.10 Å². The van der Waals surface area contributed by atoms with E-state index in [4.69, 9.17) is 9.47 Å². The number of aliphatic hydroxyl groups excluding tert-OH is 1. The van der Waals surface area contributed by atoms with Crippen LogP contribution in [0, 0.1) is 13.8 Å². The van der Waals surface area contributed by atoms with Crippen molar-refractivity contribution in [2.45, 2.75) is 26.1 Å². The Morgan fingerprint density at radius 1 is 1.45 bits per heavy atom. The van der Waals surface area contributed by atoms with Gasteiger partial charge < -0.3 is 14.6 Å². The van der Waals surface area contributed by atoms with E-state index in [1.54, 1.807) is 7.11 Å². The van der Waals surface area contributed by atoms with E-state index >= 15 is 0 Å². The molecular weight excluding hydrogens is 254 g/mol. The maximum atomic E-state index is 9.84. The lowest BCUT2D eigenvalue weighted by Gasteiger charge is -2.34.